The molecule has 0 heterocycles. The van der Waals surface area contributed by atoms with E-state index in [9.17, 15) is 0 Å². The van der Waals surface area contributed by atoms with Crippen LogP contribution in [0.15, 0.2) is 224 Å². The van der Waals surface area contributed by atoms with Crippen LogP contribution in [0.1, 0.15) is 0 Å². The molecule has 0 aromatic heterocycles. The number of fused-ring (bicyclic) bond motifs is 6. The third-order valence-electron chi connectivity index (χ3n) is 10.9. The lowest BCUT2D eigenvalue weighted by molar-refractivity contribution is 1.28. The summed E-state index contributed by atoms with van der Waals surface area (Å²) in [6.07, 6.45) is 0. The van der Waals surface area contributed by atoms with Crippen LogP contribution >= 0.6 is 0 Å². The van der Waals surface area contributed by atoms with Crippen molar-refractivity contribution in [3.8, 4) is 44.5 Å². The predicted octanol–water partition coefficient (Wildman–Crippen LogP) is 15.3. The van der Waals surface area contributed by atoms with Gasteiger partial charge in [0.1, 0.15) is 0 Å². The number of hydrogen-bond donors (Lipinski definition) is 0. The normalized spacial score (nSPS) is 11.3. The fraction of sp³-hybridized carbons (Fsp3) is 0. The minimum Gasteiger partial charge on any atom is -0.311 e. The van der Waals surface area contributed by atoms with Crippen molar-refractivity contribution in [2.24, 2.45) is 0 Å². The minimum atomic E-state index is 1.10. The molecule has 1 heteroatoms. The standard InChI is InChI=1S/C54H37N/c1-4-14-38(15-5-1)40-24-30-45(31-25-40)55(46-32-26-41(27-33-46)39-16-6-2-7-17-39)47-34-28-42(29-35-47)44-36-52(43-18-8-3-9-19-43)54-51-23-13-12-21-49(51)48-20-10-11-22-50(48)53(54)37-44/h1-37H. The van der Waals surface area contributed by atoms with Crippen molar-refractivity contribution in [2.75, 3.05) is 4.90 Å². The summed E-state index contributed by atoms with van der Waals surface area (Å²) in [6, 6.07) is 81.3. The topological polar surface area (TPSA) is 3.24 Å². The first-order valence-corrected chi connectivity index (χ1v) is 18.9. The Morgan fingerprint density at radius 2 is 0.545 bits per heavy atom. The van der Waals surface area contributed by atoms with Crippen LogP contribution in [-0.4, -0.2) is 0 Å². The van der Waals surface area contributed by atoms with Crippen LogP contribution in [0, 0.1) is 0 Å². The molecule has 1 nitrogen and oxygen atoms in total. The highest BCUT2D eigenvalue weighted by atomic mass is 15.1. The van der Waals surface area contributed by atoms with Crippen molar-refractivity contribution in [1.82, 2.24) is 0 Å². The second kappa shape index (κ2) is 14.0. The highest BCUT2D eigenvalue weighted by Gasteiger charge is 2.17. The van der Waals surface area contributed by atoms with Crippen LogP contribution < -0.4 is 4.90 Å². The molecule has 10 rings (SSSR count). The van der Waals surface area contributed by atoms with Gasteiger partial charge in [0.2, 0.25) is 0 Å². The van der Waals surface area contributed by atoms with E-state index in [2.05, 4.69) is 229 Å². The van der Waals surface area contributed by atoms with Crippen LogP contribution in [0.4, 0.5) is 17.1 Å². The van der Waals surface area contributed by atoms with Gasteiger partial charge in [-0.05, 0) is 125 Å². The number of hydrogen-bond acceptors (Lipinski definition) is 1. The summed E-state index contributed by atoms with van der Waals surface area (Å²) in [5.74, 6) is 0. The lowest BCUT2D eigenvalue weighted by Gasteiger charge is -2.26. The SMILES string of the molecule is c1ccc(-c2ccc(N(c3ccc(-c4ccccc4)cc3)c3ccc(-c4cc(-c5ccccc5)c5c6ccccc6c6ccccc6c5c4)cc3)cc2)cc1. The average Bonchev–Trinajstić information content (AvgIpc) is 3.28. The van der Waals surface area contributed by atoms with E-state index in [-0.39, 0.29) is 0 Å². The average molecular weight is 700 g/mol. The molecule has 0 saturated carbocycles. The Morgan fingerprint density at radius 3 is 1.00 bits per heavy atom. The maximum Gasteiger partial charge on any atom is 0.0462 e. The van der Waals surface area contributed by atoms with E-state index < -0.39 is 0 Å². The van der Waals surface area contributed by atoms with Crippen molar-refractivity contribution in [2.45, 2.75) is 0 Å². The van der Waals surface area contributed by atoms with E-state index >= 15 is 0 Å². The number of rotatable bonds is 7. The first-order chi connectivity index (χ1) is 27.3. The van der Waals surface area contributed by atoms with Crippen LogP contribution in [-0.2, 0) is 0 Å². The summed E-state index contributed by atoms with van der Waals surface area (Å²) in [5.41, 5.74) is 13.0. The van der Waals surface area contributed by atoms with Gasteiger partial charge in [-0.25, -0.2) is 0 Å². The van der Waals surface area contributed by atoms with Crippen LogP contribution in [0.25, 0.3) is 76.8 Å². The quantitative estimate of drug-likeness (QED) is 0.150. The van der Waals surface area contributed by atoms with E-state index in [0.717, 1.165) is 17.1 Å². The van der Waals surface area contributed by atoms with E-state index in [0.29, 0.717) is 0 Å². The van der Waals surface area contributed by atoms with Gasteiger partial charge >= 0.3 is 0 Å². The Morgan fingerprint density at radius 1 is 0.218 bits per heavy atom. The first kappa shape index (κ1) is 32.4. The van der Waals surface area contributed by atoms with Crippen molar-refractivity contribution < 1.29 is 0 Å². The van der Waals surface area contributed by atoms with E-state index in [1.165, 1.54) is 76.8 Å². The largest absolute Gasteiger partial charge is 0.311 e. The highest BCUT2D eigenvalue weighted by Crippen LogP contribution is 2.44. The molecule has 0 unspecified atom stereocenters. The van der Waals surface area contributed by atoms with Gasteiger partial charge < -0.3 is 4.90 Å². The van der Waals surface area contributed by atoms with E-state index in [1.807, 2.05) is 0 Å². The van der Waals surface area contributed by atoms with Gasteiger partial charge in [-0.3, -0.25) is 0 Å². The molecule has 0 fully saturated rings. The molecular weight excluding hydrogens is 663 g/mol. The zero-order valence-electron chi connectivity index (χ0n) is 30.3. The highest BCUT2D eigenvalue weighted by molar-refractivity contribution is 6.29. The fourth-order valence-electron chi connectivity index (χ4n) is 8.16. The Hall–Kier alpha value is -7.22. The summed E-state index contributed by atoms with van der Waals surface area (Å²) >= 11 is 0. The van der Waals surface area contributed by atoms with Crippen molar-refractivity contribution in [1.29, 1.82) is 0 Å². The van der Waals surface area contributed by atoms with Gasteiger partial charge in [-0.15, -0.1) is 0 Å². The van der Waals surface area contributed by atoms with Crippen LogP contribution in [0.3, 0.4) is 0 Å². The number of anilines is 3. The Labute approximate surface area is 322 Å². The van der Waals surface area contributed by atoms with Gasteiger partial charge in [-0.1, -0.05) is 176 Å². The van der Waals surface area contributed by atoms with Crippen LogP contribution in [0.2, 0.25) is 0 Å². The van der Waals surface area contributed by atoms with Gasteiger partial charge in [-0.2, -0.15) is 0 Å². The molecule has 0 spiro atoms. The fourth-order valence-corrected chi connectivity index (χ4v) is 8.16. The molecule has 0 amide bonds. The molecule has 0 atom stereocenters. The summed E-state index contributed by atoms with van der Waals surface area (Å²) < 4.78 is 0. The Kier molecular flexibility index (Phi) is 8.24. The molecule has 0 bridgehead atoms. The number of nitrogens with zero attached hydrogens (tertiary/aromatic N) is 1. The monoisotopic (exact) mass is 699 g/mol. The van der Waals surface area contributed by atoms with Gasteiger partial charge in [0.15, 0.2) is 0 Å². The molecule has 10 aromatic carbocycles. The van der Waals surface area contributed by atoms with Crippen molar-refractivity contribution in [3.63, 3.8) is 0 Å². The molecule has 0 N–H and O–H groups in total. The van der Waals surface area contributed by atoms with Crippen LogP contribution in [0.5, 0.6) is 0 Å². The maximum absolute atomic E-state index is 2.40. The van der Waals surface area contributed by atoms with Gasteiger partial charge in [0, 0.05) is 17.1 Å². The molecule has 258 valence electrons. The minimum absolute atomic E-state index is 1.10. The van der Waals surface area contributed by atoms with Crippen molar-refractivity contribution >= 4 is 49.4 Å². The molecule has 0 saturated heterocycles. The smallest absolute Gasteiger partial charge is 0.0462 e. The Bertz CT molecular complexity index is 2830. The molecular formula is C54H37N. The third kappa shape index (κ3) is 6.02. The third-order valence-corrected chi connectivity index (χ3v) is 10.9. The predicted molar refractivity (Wildman–Crippen MR) is 235 cm³/mol. The van der Waals surface area contributed by atoms with E-state index in [4.69, 9.17) is 0 Å². The van der Waals surface area contributed by atoms with E-state index in [1.54, 1.807) is 0 Å². The van der Waals surface area contributed by atoms with Gasteiger partial charge in [0.05, 0.1) is 0 Å². The molecule has 0 aliphatic heterocycles. The summed E-state index contributed by atoms with van der Waals surface area (Å²) in [6.45, 7) is 0. The molecule has 0 aliphatic rings. The second-order valence-electron chi connectivity index (χ2n) is 14.1. The lowest BCUT2D eigenvalue weighted by atomic mass is 9.87. The summed E-state index contributed by atoms with van der Waals surface area (Å²) in [4.78, 5) is 2.35. The summed E-state index contributed by atoms with van der Waals surface area (Å²) in [5, 5.41) is 7.69. The molecule has 0 radical (unpaired) electrons. The molecule has 10 aromatic rings. The zero-order valence-corrected chi connectivity index (χ0v) is 30.3. The van der Waals surface area contributed by atoms with Crippen molar-refractivity contribution in [3.05, 3.63) is 224 Å². The lowest BCUT2D eigenvalue weighted by Crippen LogP contribution is -2.09. The maximum atomic E-state index is 2.40. The van der Waals surface area contributed by atoms with Gasteiger partial charge in [0.25, 0.3) is 0 Å². The Balaban J connectivity index is 1.11. The zero-order chi connectivity index (χ0) is 36.6. The second-order valence-corrected chi connectivity index (χ2v) is 14.1. The number of benzene rings is 10. The first-order valence-electron chi connectivity index (χ1n) is 18.9. The summed E-state index contributed by atoms with van der Waals surface area (Å²) in [7, 11) is 0. The molecule has 55 heavy (non-hydrogen) atoms. The molecule has 0 aliphatic carbocycles.